The monoisotopic (exact) mass is 955 g/mol. The summed E-state index contributed by atoms with van der Waals surface area (Å²) in [5.74, 6) is -1.12. The van der Waals surface area contributed by atoms with E-state index in [9.17, 15) is 55.5 Å². The van der Waals surface area contributed by atoms with Crippen LogP contribution in [0, 0.1) is 50.2 Å². The Hall–Kier alpha value is -1.88. The van der Waals surface area contributed by atoms with Crippen molar-refractivity contribution in [2.75, 3.05) is 19.8 Å². The van der Waals surface area contributed by atoms with Crippen molar-refractivity contribution in [2.24, 2.45) is 50.2 Å². The molecule has 0 bridgehead atoms. The number of aliphatic hydroxyl groups is 8. The third-order valence-corrected chi connectivity index (χ3v) is 19.4. The van der Waals surface area contributed by atoms with E-state index in [0.29, 0.717) is 19.3 Å². The van der Waals surface area contributed by atoms with E-state index in [2.05, 4.69) is 40.7 Å². The maximum absolute atomic E-state index is 13.1. The highest BCUT2D eigenvalue weighted by Crippen LogP contribution is 2.76. The smallest absolute Gasteiger partial charge is 0.310 e. The van der Waals surface area contributed by atoms with Gasteiger partial charge < -0.3 is 79.1 Å². The third-order valence-electron chi connectivity index (χ3n) is 19.4. The molecule has 7 fully saturated rings. The van der Waals surface area contributed by atoms with Crippen molar-refractivity contribution in [3.63, 3.8) is 0 Å². The summed E-state index contributed by atoms with van der Waals surface area (Å²) in [6, 6.07) is 0. The van der Waals surface area contributed by atoms with E-state index >= 15 is 0 Å². The number of hydrogen-bond acceptors (Lipinski definition) is 17. The zero-order chi connectivity index (χ0) is 49.0. The predicted octanol–water partition coefficient (Wildman–Crippen LogP) is 1.92. The molecule has 67 heavy (non-hydrogen) atoms. The molecule has 16 unspecified atom stereocenters. The highest BCUT2D eigenvalue weighted by molar-refractivity contribution is 5.76. The Morgan fingerprint density at radius 2 is 1.39 bits per heavy atom. The third kappa shape index (κ3) is 8.35. The van der Waals surface area contributed by atoms with Gasteiger partial charge in [-0.25, -0.2) is 0 Å². The first-order valence-electron chi connectivity index (χ1n) is 24.6. The molecule has 382 valence electrons. The molecule has 0 aromatic heterocycles. The average molecular weight is 955 g/mol. The highest BCUT2D eigenvalue weighted by atomic mass is 16.8. The second kappa shape index (κ2) is 18.3. The highest BCUT2D eigenvalue weighted by Gasteiger charge is 2.70. The molecule has 18 nitrogen and oxygen atoms in total. The van der Waals surface area contributed by atoms with Crippen LogP contribution in [-0.4, -0.2) is 170 Å². The lowest BCUT2D eigenvalue weighted by Gasteiger charge is -2.71. The SMILES string of the molecule is CC(=O)OCC1OC(O[C@@H]2CC[C@@]3(C)C4CC=C5[C@H]6CC(C)(C)CC[C@@]6(C(=O)O)CC[C@]5(C)[C@@]4(C)CCC3[C@@]2(C)CO)C(O)C(O)C1OC1OC(C)C(O)C(OC2OCC(O)C(O)C2O)C1O. The Kier molecular flexibility index (Phi) is 14.1. The molecule has 23 atom stereocenters. The Morgan fingerprint density at radius 3 is 2.06 bits per heavy atom. The molecule has 0 radical (unpaired) electrons. The van der Waals surface area contributed by atoms with Gasteiger partial charge in [-0.1, -0.05) is 53.2 Å². The van der Waals surface area contributed by atoms with E-state index in [4.69, 9.17) is 33.2 Å². The van der Waals surface area contributed by atoms with Crippen molar-refractivity contribution in [3.05, 3.63) is 11.6 Å². The topological polar surface area (TPSA) is 281 Å². The Bertz CT molecular complexity index is 1860. The maximum atomic E-state index is 13.1. The molecule has 18 heteroatoms. The number of carboxylic acids is 1. The van der Waals surface area contributed by atoms with Gasteiger partial charge in [0.05, 0.1) is 30.8 Å². The van der Waals surface area contributed by atoms with Gasteiger partial charge in [-0.05, 0) is 111 Å². The van der Waals surface area contributed by atoms with E-state index < -0.39 is 128 Å². The van der Waals surface area contributed by atoms with Crippen LogP contribution in [0.1, 0.15) is 120 Å². The molecule has 4 saturated carbocycles. The minimum Gasteiger partial charge on any atom is -0.481 e. The molecular formula is C49H78O18. The van der Waals surface area contributed by atoms with E-state index in [1.165, 1.54) is 19.4 Å². The second-order valence-electron chi connectivity index (χ2n) is 23.5. The fraction of sp³-hybridized carbons (Fsp3) is 0.918. The molecule has 3 aliphatic heterocycles. The van der Waals surface area contributed by atoms with Crippen molar-refractivity contribution in [1.29, 1.82) is 0 Å². The molecule has 0 aromatic rings. The molecule has 5 aliphatic carbocycles. The van der Waals surface area contributed by atoms with E-state index in [1.54, 1.807) is 0 Å². The summed E-state index contributed by atoms with van der Waals surface area (Å²) < 4.78 is 41.3. The average Bonchev–Trinajstić information content (AvgIpc) is 3.26. The molecule has 9 N–H and O–H groups in total. The van der Waals surface area contributed by atoms with Crippen LogP contribution < -0.4 is 0 Å². The summed E-state index contributed by atoms with van der Waals surface area (Å²) in [6.45, 7) is 15.3. The van der Waals surface area contributed by atoms with Gasteiger partial charge in [0, 0.05) is 12.3 Å². The fourth-order valence-corrected chi connectivity index (χ4v) is 15.0. The van der Waals surface area contributed by atoms with Crippen LogP contribution in [-0.2, 0) is 42.7 Å². The normalized spacial score (nSPS) is 52.9. The van der Waals surface area contributed by atoms with Crippen LogP contribution in [0.3, 0.4) is 0 Å². The largest absolute Gasteiger partial charge is 0.481 e. The van der Waals surface area contributed by atoms with Crippen molar-refractivity contribution in [2.45, 2.75) is 212 Å². The number of hydrogen-bond donors (Lipinski definition) is 9. The van der Waals surface area contributed by atoms with Gasteiger partial charge in [-0.3, -0.25) is 9.59 Å². The van der Waals surface area contributed by atoms with Crippen LogP contribution in [0.2, 0.25) is 0 Å². The summed E-state index contributed by atoms with van der Waals surface area (Å²) in [6.07, 6.45) is -12.2. The number of carboxylic acid groups (broad SMARTS) is 1. The molecule has 8 aliphatic rings. The summed E-state index contributed by atoms with van der Waals surface area (Å²) >= 11 is 0. The van der Waals surface area contributed by atoms with Crippen LogP contribution in [0.15, 0.2) is 11.6 Å². The predicted molar refractivity (Wildman–Crippen MR) is 234 cm³/mol. The molecule has 0 aromatic carbocycles. The lowest BCUT2D eigenvalue weighted by molar-refractivity contribution is -0.379. The number of ether oxygens (including phenoxy) is 7. The minimum absolute atomic E-state index is 0.0130. The van der Waals surface area contributed by atoms with Crippen molar-refractivity contribution in [3.8, 4) is 0 Å². The van der Waals surface area contributed by atoms with Crippen LogP contribution in [0.4, 0.5) is 0 Å². The van der Waals surface area contributed by atoms with Gasteiger partial charge in [0.15, 0.2) is 18.9 Å². The molecule has 0 amide bonds. The Labute approximate surface area is 393 Å². The summed E-state index contributed by atoms with van der Waals surface area (Å²) in [5, 5.41) is 98.7. The zero-order valence-electron chi connectivity index (χ0n) is 40.4. The lowest BCUT2D eigenvalue weighted by Crippen LogP contribution is -2.67. The number of allylic oxidation sites excluding steroid dienone is 2. The molecular weight excluding hydrogens is 877 g/mol. The van der Waals surface area contributed by atoms with Crippen LogP contribution in [0.5, 0.6) is 0 Å². The Morgan fingerprint density at radius 1 is 0.731 bits per heavy atom. The minimum atomic E-state index is -1.80. The standard InChI is InChI=1S/C49H78O18/c1-23-32(53)39(67-40-35(56)33(54)27(52)20-62-40)37(58)42(63-23)66-38-28(21-61-24(2)51)64-41(36(57)34(38)55)65-31-12-13-45(5)29(46(31,6)22-50)11-14-48(8)30(45)10-9-25-26-19-44(3,4)15-17-49(26,43(59)60)18-16-47(25,48)7/h9,23,26-42,50,52-58H,10-22H2,1-8H3,(H,59,60)/t23?,26-,27?,28?,29?,30?,31-,32?,33?,34?,35?,36?,37?,38?,39?,40?,41?,42?,45-,46-,47+,48+,49-/m1/s1. The van der Waals surface area contributed by atoms with E-state index in [1.807, 2.05) is 6.92 Å². The van der Waals surface area contributed by atoms with Crippen molar-refractivity contribution < 1.29 is 88.7 Å². The van der Waals surface area contributed by atoms with E-state index in [-0.39, 0.29) is 46.0 Å². The van der Waals surface area contributed by atoms with Crippen molar-refractivity contribution >= 4 is 11.9 Å². The molecule has 0 spiro atoms. The van der Waals surface area contributed by atoms with Gasteiger partial charge in [-0.2, -0.15) is 0 Å². The van der Waals surface area contributed by atoms with Crippen LogP contribution >= 0.6 is 0 Å². The first kappa shape index (κ1) is 51.5. The van der Waals surface area contributed by atoms with Crippen molar-refractivity contribution in [1.82, 2.24) is 0 Å². The summed E-state index contributed by atoms with van der Waals surface area (Å²) in [7, 11) is 0. The first-order valence-corrected chi connectivity index (χ1v) is 24.6. The maximum Gasteiger partial charge on any atom is 0.310 e. The van der Waals surface area contributed by atoms with Gasteiger partial charge in [-0.15, -0.1) is 0 Å². The number of aliphatic hydroxyl groups excluding tert-OH is 8. The molecule has 3 saturated heterocycles. The number of fused-ring (bicyclic) bond motifs is 7. The Balaban J connectivity index is 1.000. The summed E-state index contributed by atoms with van der Waals surface area (Å²) in [5.41, 5.74) is -0.724. The lowest BCUT2D eigenvalue weighted by atomic mass is 9.33. The van der Waals surface area contributed by atoms with Gasteiger partial charge in [0.25, 0.3) is 0 Å². The number of aliphatic carboxylic acids is 1. The molecule has 8 rings (SSSR count). The number of carbonyl (C=O) groups is 2. The van der Waals surface area contributed by atoms with Gasteiger partial charge >= 0.3 is 11.9 Å². The second-order valence-corrected chi connectivity index (χ2v) is 23.5. The fourth-order valence-electron chi connectivity index (χ4n) is 15.0. The number of rotatable bonds is 10. The van der Waals surface area contributed by atoms with Gasteiger partial charge in [0.2, 0.25) is 0 Å². The first-order chi connectivity index (χ1) is 31.3. The number of esters is 1. The van der Waals surface area contributed by atoms with Crippen LogP contribution in [0.25, 0.3) is 0 Å². The zero-order valence-corrected chi connectivity index (χ0v) is 40.4. The van der Waals surface area contributed by atoms with Gasteiger partial charge in [0.1, 0.15) is 67.6 Å². The number of carbonyl (C=O) groups excluding carboxylic acids is 1. The molecule has 3 heterocycles. The quantitative estimate of drug-likeness (QED) is 0.0859. The summed E-state index contributed by atoms with van der Waals surface area (Å²) in [4.78, 5) is 25.2. The van der Waals surface area contributed by atoms with E-state index in [0.717, 1.165) is 44.9 Å².